The Labute approximate surface area is 180 Å². The molecule has 1 aliphatic carbocycles. The van der Waals surface area contributed by atoms with Crippen molar-refractivity contribution in [2.45, 2.75) is 65.7 Å². The molecule has 1 aromatic rings. The van der Waals surface area contributed by atoms with E-state index in [1.165, 1.54) is 16.7 Å². The van der Waals surface area contributed by atoms with E-state index in [1.54, 1.807) is 6.92 Å². The highest BCUT2D eigenvalue weighted by Gasteiger charge is 2.50. The topological polar surface area (TPSA) is 43.1 Å². The molecule has 1 saturated carbocycles. The van der Waals surface area contributed by atoms with Gasteiger partial charge in [-0.05, 0) is 69.1 Å². The van der Waals surface area contributed by atoms with Gasteiger partial charge in [-0.25, -0.2) is 0 Å². The van der Waals surface area contributed by atoms with E-state index in [0.29, 0.717) is 11.0 Å². The number of rotatable bonds is 7. The van der Waals surface area contributed by atoms with Crippen molar-refractivity contribution in [3.8, 4) is 0 Å². The monoisotopic (exact) mass is 421 g/mol. The Morgan fingerprint density at radius 2 is 1.75 bits per heavy atom. The summed E-state index contributed by atoms with van der Waals surface area (Å²) in [5.41, 5.74) is 9.99. The van der Waals surface area contributed by atoms with Crippen LogP contribution in [0.2, 0.25) is 0 Å². The number of allylic oxidation sites excluding steroid dienone is 5. The van der Waals surface area contributed by atoms with Crippen molar-refractivity contribution < 1.29 is 4.79 Å². The Balaban J connectivity index is 0.000000892. The molecule has 0 unspecified atom stereocenters. The molecule has 1 aromatic carbocycles. The lowest BCUT2D eigenvalue weighted by molar-refractivity contribution is -0.120. The molecule has 0 aliphatic heterocycles. The van der Waals surface area contributed by atoms with Crippen LogP contribution in [0.3, 0.4) is 0 Å². The van der Waals surface area contributed by atoms with E-state index < -0.39 is 5.41 Å². The quantitative estimate of drug-likeness (QED) is 0.472. The van der Waals surface area contributed by atoms with E-state index in [0.717, 1.165) is 36.3 Å². The van der Waals surface area contributed by atoms with Crippen molar-refractivity contribution in [2.75, 3.05) is 0 Å². The lowest BCUT2D eigenvalue weighted by Gasteiger charge is -2.18. The van der Waals surface area contributed by atoms with Crippen LogP contribution in [0.25, 0.3) is 0 Å². The minimum absolute atomic E-state index is 0.199. The molecule has 1 amide bonds. The molecule has 0 bridgehead atoms. The molecule has 1 fully saturated rings. The largest absolute Gasteiger partial charge is 0.369 e. The summed E-state index contributed by atoms with van der Waals surface area (Å²) in [6.07, 6.45) is 5.57. The number of nitrogens with two attached hydrogens (primary N) is 1. The van der Waals surface area contributed by atoms with E-state index >= 15 is 0 Å². The molecule has 154 valence electrons. The number of hydrogen-bond acceptors (Lipinski definition) is 1. The van der Waals surface area contributed by atoms with Gasteiger partial charge in [0.1, 0.15) is 0 Å². The maximum atomic E-state index is 11.9. The first-order chi connectivity index (χ1) is 13.0. The van der Waals surface area contributed by atoms with Crippen LogP contribution in [0.4, 0.5) is 0 Å². The zero-order chi connectivity index (χ0) is 21.5. The molecule has 0 atom stereocenters. The number of amides is 1. The molecule has 2 nitrogen and oxygen atoms in total. The van der Waals surface area contributed by atoms with E-state index in [9.17, 15) is 4.79 Å². The summed E-state index contributed by atoms with van der Waals surface area (Å²) >= 11 is 11.6. The molecule has 1 aliphatic rings. The van der Waals surface area contributed by atoms with Crippen molar-refractivity contribution in [3.05, 3.63) is 69.3 Å². The second-order valence-electron chi connectivity index (χ2n) is 8.02. The normalized spacial score (nSPS) is 14.8. The molecule has 2 rings (SSSR count). The van der Waals surface area contributed by atoms with Gasteiger partial charge in [-0.3, -0.25) is 4.79 Å². The number of primary amides is 1. The Kier molecular flexibility index (Phi) is 9.53. The Hall–Kier alpha value is -1.51. The molecule has 0 heterocycles. The second kappa shape index (κ2) is 10.9. The molecule has 0 spiro atoms. The first-order valence-corrected chi connectivity index (χ1v) is 10.5. The van der Waals surface area contributed by atoms with Gasteiger partial charge in [0.2, 0.25) is 5.91 Å². The van der Waals surface area contributed by atoms with Gasteiger partial charge in [-0.1, -0.05) is 79.5 Å². The first kappa shape index (κ1) is 24.5. The molecule has 28 heavy (non-hydrogen) atoms. The summed E-state index contributed by atoms with van der Waals surface area (Å²) in [6.45, 7) is 13.5. The van der Waals surface area contributed by atoms with E-state index in [4.69, 9.17) is 28.9 Å². The predicted octanol–water partition coefficient (Wildman–Crippen LogP) is 7.01. The van der Waals surface area contributed by atoms with Gasteiger partial charge in [0.05, 0.1) is 5.41 Å². The summed E-state index contributed by atoms with van der Waals surface area (Å²) < 4.78 is 0. The summed E-state index contributed by atoms with van der Waals surface area (Å²) in [7, 11) is 0. The van der Waals surface area contributed by atoms with E-state index in [1.807, 2.05) is 12.1 Å². The number of benzene rings is 1. The zero-order valence-electron chi connectivity index (χ0n) is 17.7. The highest BCUT2D eigenvalue weighted by atomic mass is 35.5. The highest BCUT2D eigenvalue weighted by molar-refractivity contribution is 6.32. The fourth-order valence-corrected chi connectivity index (χ4v) is 3.78. The van der Waals surface area contributed by atoms with Crippen LogP contribution in [0.1, 0.15) is 65.0 Å². The maximum absolute atomic E-state index is 11.9. The van der Waals surface area contributed by atoms with Gasteiger partial charge < -0.3 is 5.73 Å². The molecule has 0 aromatic heterocycles. The van der Waals surface area contributed by atoms with Gasteiger partial charge in [0.25, 0.3) is 0 Å². The Bertz CT molecular complexity index is 763. The van der Waals surface area contributed by atoms with Gasteiger partial charge in [-0.15, -0.1) is 0 Å². The lowest BCUT2D eigenvalue weighted by Crippen LogP contribution is -2.29. The molecular weight excluding hydrogens is 389 g/mol. The second-order valence-corrected chi connectivity index (χ2v) is 9.07. The first-order valence-electron chi connectivity index (χ1n) is 9.74. The van der Waals surface area contributed by atoms with Crippen molar-refractivity contribution in [3.63, 3.8) is 0 Å². The fraction of sp³-hybridized carbons (Fsp3) is 0.458. The summed E-state index contributed by atoms with van der Waals surface area (Å²) in [6, 6.07) is 8.20. The Morgan fingerprint density at radius 3 is 2.18 bits per heavy atom. The predicted molar refractivity (Wildman–Crippen MR) is 123 cm³/mol. The average molecular weight is 422 g/mol. The third kappa shape index (κ3) is 7.14. The maximum Gasteiger partial charge on any atom is 0.228 e. The van der Waals surface area contributed by atoms with Crippen molar-refractivity contribution in [1.82, 2.24) is 0 Å². The highest BCUT2D eigenvalue weighted by Crippen LogP contribution is 2.49. The molecular formula is C24H33Cl2NO. The number of hydrogen-bond donors (Lipinski definition) is 1. The standard InChI is InChI=1S/C21H28ClNO.C3H5Cl/c1-14(2)13-19(22)17(15(3)4)10-9-16-7-5-6-8-18(16)21(11-12-21)20(23)24;1-3(2)4/h5-8,13-14H,9-12H2,1-4H3,(H2,23,24);1H2,2H3/b19-13+;. The molecule has 0 radical (unpaired) electrons. The van der Waals surface area contributed by atoms with Crippen molar-refractivity contribution >= 4 is 29.1 Å². The van der Waals surface area contributed by atoms with Crippen LogP contribution < -0.4 is 5.73 Å². The van der Waals surface area contributed by atoms with E-state index in [-0.39, 0.29) is 5.91 Å². The zero-order valence-corrected chi connectivity index (χ0v) is 19.3. The lowest BCUT2D eigenvalue weighted by atomic mass is 9.87. The van der Waals surface area contributed by atoms with Crippen LogP contribution in [0.15, 0.2) is 58.1 Å². The Morgan fingerprint density at radius 1 is 1.21 bits per heavy atom. The number of aryl methyl sites for hydroxylation is 1. The average Bonchev–Trinajstić information content (AvgIpc) is 3.35. The number of carbonyl (C=O) groups excluding carboxylic acids is 1. The fourth-order valence-electron chi connectivity index (χ4n) is 3.24. The van der Waals surface area contributed by atoms with Crippen molar-refractivity contribution in [1.29, 1.82) is 0 Å². The van der Waals surface area contributed by atoms with Gasteiger partial charge in [-0.2, -0.15) is 0 Å². The summed E-state index contributed by atoms with van der Waals surface area (Å²) in [5, 5.41) is 1.48. The molecule has 0 saturated heterocycles. The van der Waals surface area contributed by atoms with Crippen LogP contribution in [0.5, 0.6) is 0 Å². The van der Waals surface area contributed by atoms with Crippen LogP contribution >= 0.6 is 23.2 Å². The number of carbonyl (C=O) groups is 1. The smallest absolute Gasteiger partial charge is 0.228 e. The van der Waals surface area contributed by atoms with Crippen LogP contribution in [-0.4, -0.2) is 5.91 Å². The summed E-state index contributed by atoms with van der Waals surface area (Å²) in [4.78, 5) is 11.9. The summed E-state index contributed by atoms with van der Waals surface area (Å²) in [5.74, 6) is 0.221. The van der Waals surface area contributed by atoms with Crippen LogP contribution in [0, 0.1) is 5.92 Å². The van der Waals surface area contributed by atoms with Gasteiger partial charge in [0, 0.05) is 10.1 Å². The molecule has 4 heteroatoms. The van der Waals surface area contributed by atoms with Crippen LogP contribution in [-0.2, 0) is 16.6 Å². The van der Waals surface area contributed by atoms with Gasteiger partial charge >= 0.3 is 0 Å². The minimum atomic E-state index is -0.431. The minimum Gasteiger partial charge on any atom is -0.369 e. The molecule has 2 N–H and O–H groups in total. The number of halogens is 2. The van der Waals surface area contributed by atoms with E-state index in [2.05, 4.69) is 52.5 Å². The van der Waals surface area contributed by atoms with Gasteiger partial charge in [0.15, 0.2) is 0 Å². The third-order valence-electron chi connectivity index (χ3n) is 4.77. The van der Waals surface area contributed by atoms with Crippen molar-refractivity contribution in [2.24, 2.45) is 11.7 Å². The third-order valence-corrected chi connectivity index (χ3v) is 5.12. The SMILES string of the molecule is C=C(C)Cl.CC(C)=C(CCc1ccccc1C1(C(N)=O)CC1)/C(Cl)=C\C(C)C.